The van der Waals surface area contributed by atoms with Crippen molar-refractivity contribution in [1.82, 2.24) is 0 Å². The van der Waals surface area contributed by atoms with Gasteiger partial charge in [0.15, 0.2) is 6.61 Å². The summed E-state index contributed by atoms with van der Waals surface area (Å²) >= 11 is 0. The van der Waals surface area contributed by atoms with E-state index in [9.17, 15) is 19.2 Å². The Labute approximate surface area is 197 Å². The molecule has 2 aromatic rings. The normalized spacial score (nSPS) is 10.1. The Morgan fingerprint density at radius 2 is 1.56 bits per heavy atom. The zero-order valence-corrected chi connectivity index (χ0v) is 19.3. The molecule has 182 valence electrons. The fraction of sp³-hybridized carbons (Fsp3) is 0.333. The number of esters is 2. The molecule has 2 N–H and O–H groups in total. The Kier molecular flexibility index (Phi) is 10.4. The highest BCUT2D eigenvalue weighted by molar-refractivity contribution is 5.95. The van der Waals surface area contributed by atoms with Gasteiger partial charge < -0.3 is 29.6 Å². The number of anilines is 2. The summed E-state index contributed by atoms with van der Waals surface area (Å²) in [7, 11) is 2.97. The van der Waals surface area contributed by atoms with Gasteiger partial charge in [0.05, 0.1) is 32.1 Å². The average molecular weight is 472 g/mol. The van der Waals surface area contributed by atoms with E-state index in [1.165, 1.54) is 14.2 Å². The molecule has 34 heavy (non-hydrogen) atoms. The second kappa shape index (κ2) is 13.5. The molecule has 0 atom stereocenters. The van der Waals surface area contributed by atoms with E-state index >= 15 is 0 Å². The van der Waals surface area contributed by atoms with E-state index in [1.54, 1.807) is 49.4 Å². The van der Waals surface area contributed by atoms with Crippen molar-refractivity contribution in [2.24, 2.45) is 0 Å². The maximum absolute atomic E-state index is 12.1. The summed E-state index contributed by atoms with van der Waals surface area (Å²) in [5.74, 6) is -0.874. The first-order chi connectivity index (χ1) is 16.4. The second-order valence-corrected chi connectivity index (χ2v) is 6.97. The molecule has 0 heterocycles. The highest BCUT2D eigenvalue weighted by Crippen LogP contribution is 2.28. The summed E-state index contributed by atoms with van der Waals surface area (Å²) in [6.07, 6.45) is 0.317. The Morgan fingerprint density at radius 1 is 0.824 bits per heavy atom. The monoisotopic (exact) mass is 472 g/mol. The molecular weight excluding hydrogens is 444 g/mol. The summed E-state index contributed by atoms with van der Waals surface area (Å²) in [6, 6.07) is 11.2. The standard InChI is InChI=1S/C24H28N2O8/c1-4-33-24(30)16-8-10-17(11-9-16)25-21(27)6-5-7-23(29)34-15-22(28)26-19-13-12-18(31-2)14-20(19)32-3/h8-14H,4-7,15H2,1-3H3,(H,25,27)(H,26,28). The van der Waals surface area contributed by atoms with Crippen molar-refractivity contribution in [3.63, 3.8) is 0 Å². The van der Waals surface area contributed by atoms with Crippen LogP contribution in [0.5, 0.6) is 11.5 Å². The first-order valence-electron chi connectivity index (χ1n) is 10.6. The number of carbonyl (C=O) groups is 4. The molecule has 2 aromatic carbocycles. The van der Waals surface area contributed by atoms with E-state index in [-0.39, 0.29) is 31.8 Å². The van der Waals surface area contributed by atoms with Gasteiger partial charge >= 0.3 is 11.9 Å². The van der Waals surface area contributed by atoms with E-state index in [2.05, 4.69) is 10.6 Å². The Balaban J connectivity index is 1.69. The SMILES string of the molecule is CCOC(=O)c1ccc(NC(=O)CCCC(=O)OCC(=O)Nc2ccc(OC)cc2OC)cc1. The lowest BCUT2D eigenvalue weighted by atomic mass is 10.2. The molecule has 10 heteroatoms. The first kappa shape index (κ1) is 26.2. The lowest BCUT2D eigenvalue weighted by Crippen LogP contribution is -2.21. The predicted octanol–water partition coefficient (Wildman–Crippen LogP) is 3.17. The largest absolute Gasteiger partial charge is 0.497 e. The molecule has 0 spiro atoms. The van der Waals surface area contributed by atoms with Crippen LogP contribution in [0.25, 0.3) is 0 Å². The van der Waals surface area contributed by atoms with E-state index in [1.807, 2.05) is 0 Å². The quantitative estimate of drug-likeness (QED) is 0.451. The molecule has 10 nitrogen and oxygen atoms in total. The number of benzene rings is 2. The Hall–Kier alpha value is -4.08. The minimum absolute atomic E-state index is 0.0195. The molecule has 0 aromatic heterocycles. The molecule has 0 saturated carbocycles. The Bertz CT molecular complexity index is 1000. The number of hydrogen-bond acceptors (Lipinski definition) is 8. The van der Waals surface area contributed by atoms with Crippen LogP contribution in [0.15, 0.2) is 42.5 Å². The van der Waals surface area contributed by atoms with Crippen LogP contribution < -0.4 is 20.1 Å². The van der Waals surface area contributed by atoms with Crippen LogP contribution in [0.2, 0.25) is 0 Å². The van der Waals surface area contributed by atoms with Gasteiger partial charge in [-0.15, -0.1) is 0 Å². The molecule has 0 saturated heterocycles. The van der Waals surface area contributed by atoms with E-state index in [0.29, 0.717) is 28.4 Å². The lowest BCUT2D eigenvalue weighted by molar-refractivity contribution is -0.147. The van der Waals surface area contributed by atoms with Crippen molar-refractivity contribution in [1.29, 1.82) is 0 Å². The number of hydrogen-bond donors (Lipinski definition) is 2. The zero-order valence-electron chi connectivity index (χ0n) is 19.3. The summed E-state index contributed by atoms with van der Waals surface area (Å²) in [6.45, 7) is 1.53. The lowest BCUT2D eigenvalue weighted by Gasteiger charge is -2.11. The van der Waals surface area contributed by atoms with Crippen LogP contribution in [0.3, 0.4) is 0 Å². The highest BCUT2D eigenvalue weighted by atomic mass is 16.5. The molecule has 0 unspecified atom stereocenters. The van der Waals surface area contributed by atoms with E-state index < -0.39 is 24.5 Å². The van der Waals surface area contributed by atoms with E-state index in [0.717, 1.165) is 0 Å². The van der Waals surface area contributed by atoms with Crippen molar-refractivity contribution in [3.05, 3.63) is 48.0 Å². The number of ether oxygens (including phenoxy) is 4. The van der Waals surface area contributed by atoms with Gasteiger partial charge in [-0.05, 0) is 49.7 Å². The van der Waals surface area contributed by atoms with Crippen LogP contribution >= 0.6 is 0 Å². The summed E-state index contributed by atoms with van der Waals surface area (Å²) < 4.78 is 20.2. The van der Waals surface area contributed by atoms with Crippen LogP contribution in [0, 0.1) is 0 Å². The minimum Gasteiger partial charge on any atom is -0.497 e. The van der Waals surface area contributed by atoms with Gasteiger partial charge in [-0.1, -0.05) is 0 Å². The van der Waals surface area contributed by atoms with Crippen molar-refractivity contribution >= 4 is 35.1 Å². The Morgan fingerprint density at radius 3 is 2.21 bits per heavy atom. The van der Waals surface area contributed by atoms with Crippen LogP contribution in [0.4, 0.5) is 11.4 Å². The molecule has 0 bridgehead atoms. The molecule has 0 radical (unpaired) electrons. The summed E-state index contributed by atoms with van der Waals surface area (Å²) in [5.41, 5.74) is 1.32. The fourth-order valence-corrected chi connectivity index (χ4v) is 2.83. The number of carbonyl (C=O) groups excluding carboxylic acids is 4. The second-order valence-electron chi connectivity index (χ2n) is 6.97. The smallest absolute Gasteiger partial charge is 0.338 e. The maximum Gasteiger partial charge on any atom is 0.338 e. The van der Waals surface area contributed by atoms with Crippen molar-refractivity contribution in [2.75, 3.05) is 38.1 Å². The van der Waals surface area contributed by atoms with Crippen molar-refractivity contribution in [3.8, 4) is 11.5 Å². The minimum atomic E-state index is -0.594. The third-order valence-corrected chi connectivity index (χ3v) is 4.51. The summed E-state index contributed by atoms with van der Waals surface area (Å²) in [5, 5.41) is 5.28. The highest BCUT2D eigenvalue weighted by Gasteiger charge is 2.13. The molecule has 0 aliphatic carbocycles. The molecule has 2 amide bonds. The predicted molar refractivity (Wildman–Crippen MR) is 124 cm³/mol. The van der Waals surface area contributed by atoms with Gasteiger partial charge in [-0.2, -0.15) is 0 Å². The van der Waals surface area contributed by atoms with Gasteiger partial charge in [0.1, 0.15) is 11.5 Å². The third-order valence-electron chi connectivity index (χ3n) is 4.51. The van der Waals surface area contributed by atoms with Gasteiger partial charge in [-0.3, -0.25) is 14.4 Å². The van der Waals surface area contributed by atoms with Gasteiger partial charge in [0, 0.05) is 24.6 Å². The van der Waals surface area contributed by atoms with Crippen molar-refractivity contribution < 1.29 is 38.1 Å². The fourth-order valence-electron chi connectivity index (χ4n) is 2.83. The van der Waals surface area contributed by atoms with Crippen LogP contribution in [0.1, 0.15) is 36.5 Å². The maximum atomic E-state index is 12.1. The van der Waals surface area contributed by atoms with Gasteiger partial charge in [-0.25, -0.2) is 4.79 Å². The van der Waals surface area contributed by atoms with E-state index in [4.69, 9.17) is 18.9 Å². The number of nitrogens with one attached hydrogen (secondary N) is 2. The molecule has 0 aliphatic heterocycles. The third kappa shape index (κ3) is 8.45. The zero-order chi connectivity index (χ0) is 24.9. The number of amides is 2. The molecule has 0 aliphatic rings. The van der Waals surface area contributed by atoms with Gasteiger partial charge in [0.25, 0.3) is 5.91 Å². The summed E-state index contributed by atoms with van der Waals surface area (Å²) in [4.78, 5) is 47.6. The van der Waals surface area contributed by atoms with Crippen molar-refractivity contribution in [2.45, 2.75) is 26.2 Å². The molecular formula is C24H28N2O8. The molecule has 0 fully saturated rings. The van der Waals surface area contributed by atoms with Gasteiger partial charge in [0.2, 0.25) is 5.91 Å². The van der Waals surface area contributed by atoms with Crippen LogP contribution in [-0.4, -0.2) is 51.2 Å². The average Bonchev–Trinajstić information content (AvgIpc) is 2.83. The number of rotatable bonds is 12. The molecule has 2 rings (SSSR count). The topological polar surface area (TPSA) is 129 Å². The van der Waals surface area contributed by atoms with Crippen LogP contribution in [-0.2, 0) is 23.9 Å². The number of methoxy groups -OCH3 is 2. The first-order valence-corrected chi connectivity index (χ1v) is 10.6.